The van der Waals surface area contributed by atoms with Crippen molar-refractivity contribution in [2.24, 2.45) is 0 Å². The Labute approximate surface area is 130 Å². The number of hydrogen-bond acceptors (Lipinski definition) is 4. The molecule has 1 N–H and O–H groups in total. The van der Waals surface area contributed by atoms with Crippen molar-refractivity contribution in [2.75, 3.05) is 5.32 Å². The summed E-state index contributed by atoms with van der Waals surface area (Å²) < 4.78 is 12.9. The summed E-state index contributed by atoms with van der Waals surface area (Å²) in [5, 5.41) is 6.52. The van der Waals surface area contributed by atoms with Gasteiger partial charge in [0.1, 0.15) is 16.5 Å². The first-order chi connectivity index (χ1) is 10.1. The Kier molecular flexibility index (Phi) is 4.03. The fourth-order valence-corrected chi connectivity index (χ4v) is 3.18. The Balaban J connectivity index is 1.78. The molecule has 0 spiro atoms. The van der Waals surface area contributed by atoms with Crippen molar-refractivity contribution in [3.05, 3.63) is 52.4 Å². The molecule has 21 heavy (non-hydrogen) atoms. The molecular formula is C15H13ClFN3S. The van der Waals surface area contributed by atoms with Crippen molar-refractivity contribution in [3.8, 4) is 0 Å². The second-order valence-corrected chi connectivity index (χ2v) is 6.09. The topological polar surface area (TPSA) is 37.8 Å². The number of fused-ring (bicyclic) bond motifs is 1. The van der Waals surface area contributed by atoms with Gasteiger partial charge in [-0.15, -0.1) is 11.3 Å². The number of nitrogens with zero attached hydrogens (tertiary/aromatic N) is 2. The number of aromatic nitrogens is 2. The molecule has 0 amide bonds. The molecule has 2 aromatic heterocycles. The van der Waals surface area contributed by atoms with Crippen LogP contribution in [0.2, 0.25) is 5.28 Å². The van der Waals surface area contributed by atoms with Crippen LogP contribution in [0.5, 0.6) is 0 Å². The Morgan fingerprint density at radius 3 is 2.76 bits per heavy atom. The predicted octanol–water partition coefficient (Wildman–Crippen LogP) is 4.53. The molecule has 0 aliphatic carbocycles. The quantitative estimate of drug-likeness (QED) is 0.718. The van der Waals surface area contributed by atoms with Gasteiger partial charge < -0.3 is 5.32 Å². The number of hydrogen-bond donors (Lipinski definition) is 1. The smallest absolute Gasteiger partial charge is 0.225 e. The van der Waals surface area contributed by atoms with Crippen LogP contribution < -0.4 is 5.32 Å². The molecule has 0 aliphatic heterocycles. The molecule has 0 aliphatic rings. The summed E-state index contributed by atoms with van der Waals surface area (Å²) in [6, 6.07) is 8.65. The summed E-state index contributed by atoms with van der Waals surface area (Å²) in [6.45, 7) is 2.05. The Morgan fingerprint density at radius 2 is 2.00 bits per heavy atom. The first-order valence-corrected chi connectivity index (χ1v) is 7.79. The molecule has 0 saturated heterocycles. The highest BCUT2D eigenvalue weighted by molar-refractivity contribution is 7.16. The molecule has 0 radical (unpaired) electrons. The van der Waals surface area contributed by atoms with Gasteiger partial charge in [0.05, 0.1) is 5.39 Å². The van der Waals surface area contributed by atoms with Crippen molar-refractivity contribution in [3.63, 3.8) is 0 Å². The van der Waals surface area contributed by atoms with E-state index >= 15 is 0 Å². The van der Waals surface area contributed by atoms with E-state index in [1.807, 2.05) is 11.4 Å². The standard InChI is InChI=1S/C15H13ClFN3S/c1-9(8-10-2-4-11(17)5-3-10)18-13-12-6-7-21-14(12)20-15(16)19-13/h2-7,9H,8H2,1H3,(H,18,19,20). The van der Waals surface area contributed by atoms with Gasteiger partial charge in [-0.2, -0.15) is 0 Å². The SMILES string of the molecule is CC(Cc1ccc(F)cc1)Nc1nc(Cl)nc2sccc12. The highest BCUT2D eigenvalue weighted by Gasteiger charge is 2.11. The number of thiophene rings is 1. The zero-order valence-electron chi connectivity index (χ0n) is 11.3. The monoisotopic (exact) mass is 321 g/mol. The largest absolute Gasteiger partial charge is 0.367 e. The van der Waals surface area contributed by atoms with Gasteiger partial charge in [0, 0.05) is 6.04 Å². The van der Waals surface area contributed by atoms with Crippen LogP contribution in [-0.4, -0.2) is 16.0 Å². The lowest BCUT2D eigenvalue weighted by atomic mass is 10.1. The molecule has 6 heteroatoms. The molecule has 0 fully saturated rings. The summed E-state index contributed by atoms with van der Waals surface area (Å²) in [7, 11) is 0. The molecular weight excluding hydrogens is 309 g/mol. The second-order valence-electron chi connectivity index (χ2n) is 4.86. The number of rotatable bonds is 4. The summed E-state index contributed by atoms with van der Waals surface area (Å²) in [4.78, 5) is 9.31. The summed E-state index contributed by atoms with van der Waals surface area (Å²) in [6.07, 6.45) is 0.771. The number of benzene rings is 1. The van der Waals surface area contributed by atoms with Crippen LogP contribution in [0.1, 0.15) is 12.5 Å². The Morgan fingerprint density at radius 1 is 1.24 bits per heavy atom. The maximum atomic E-state index is 12.9. The minimum absolute atomic E-state index is 0.143. The van der Waals surface area contributed by atoms with Crippen molar-refractivity contribution >= 4 is 39.0 Å². The molecule has 1 aromatic carbocycles. The molecule has 1 unspecified atom stereocenters. The fraction of sp³-hybridized carbons (Fsp3) is 0.200. The lowest BCUT2D eigenvalue weighted by molar-refractivity contribution is 0.626. The van der Waals surface area contributed by atoms with E-state index in [0.29, 0.717) is 0 Å². The maximum Gasteiger partial charge on any atom is 0.225 e. The molecule has 3 rings (SSSR count). The predicted molar refractivity (Wildman–Crippen MR) is 85.6 cm³/mol. The third-order valence-corrected chi connectivity index (χ3v) is 4.11. The highest BCUT2D eigenvalue weighted by Crippen LogP contribution is 2.27. The average Bonchev–Trinajstić information content (AvgIpc) is 2.89. The minimum atomic E-state index is -0.220. The Bertz CT molecular complexity index is 757. The molecule has 3 aromatic rings. The molecule has 0 saturated carbocycles. The third-order valence-electron chi connectivity index (χ3n) is 3.14. The van der Waals surface area contributed by atoms with Crippen LogP contribution in [0.3, 0.4) is 0 Å². The van der Waals surface area contributed by atoms with Crippen LogP contribution in [0, 0.1) is 5.82 Å². The van der Waals surface area contributed by atoms with Crippen LogP contribution in [0.4, 0.5) is 10.2 Å². The van der Waals surface area contributed by atoms with Crippen molar-refractivity contribution in [2.45, 2.75) is 19.4 Å². The van der Waals surface area contributed by atoms with Crippen LogP contribution in [0.25, 0.3) is 10.2 Å². The van der Waals surface area contributed by atoms with Crippen LogP contribution >= 0.6 is 22.9 Å². The van der Waals surface area contributed by atoms with E-state index in [4.69, 9.17) is 11.6 Å². The van der Waals surface area contributed by atoms with Gasteiger partial charge in [0.2, 0.25) is 5.28 Å². The van der Waals surface area contributed by atoms with E-state index < -0.39 is 0 Å². The van der Waals surface area contributed by atoms with E-state index in [0.717, 1.165) is 28.0 Å². The summed E-state index contributed by atoms with van der Waals surface area (Å²) in [5.74, 6) is 0.516. The van der Waals surface area contributed by atoms with Gasteiger partial charge in [0.15, 0.2) is 0 Å². The molecule has 0 bridgehead atoms. The number of nitrogens with one attached hydrogen (secondary N) is 1. The van der Waals surface area contributed by atoms with E-state index in [1.165, 1.54) is 23.5 Å². The molecule has 1 atom stereocenters. The van der Waals surface area contributed by atoms with E-state index in [-0.39, 0.29) is 17.1 Å². The Hall–Kier alpha value is -1.72. The van der Waals surface area contributed by atoms with Gasteiger partial charge in [-0.05, 0) is 54.1 Å². The zero-order valence-corrected chi connectivity index (χ0v) is 12.9. The van der Waals surface area contributed by atoms with Gasteiger partial charge in [-0.1, -0.05) is 12.1 Å². The van der Waals surface area contributed by atoms with E-state index in [9.17, 15) is 4.39 Å². The fourth-order valence-electron chi connectivity index (χ4n) is 2.20. The minimum Gasteiger partial charge on any atom is -0.367 e. The van der Waals surface area contributed by atoms with E-state index in [2.05, 4.69) is 22.2 Å². The van der Waals surface area contributed by atoms with Gasteiger partial charge in [0.25, 0.3) is 0 Å². The van der Waals surface area contributed by atoms with Crippen LogP contribution in [0.15, 0.2) is 35.7 Å². The van der Waals surface area contributed by atoms with Gasteiger partial charge in [-0.3, -0.25) is 0 Å². The van der Waals surface area contributed by atoms with Crippen molar-refractivity contribution in [1.82, 2.24) is 9.97 Å². The summed E-state index contributed by atoms with van der Waals surface area (Å²) >= 11 is 7.48. The molecule has 3 nitrogen and oxygen atoms in total. The first kappa shape index (κ1) is 14.2. The zero-order chi connectivity index (χ0) is 14.8. The second kappa shape index (κ2) is 5.95. The van der Waals surface area contributed by atoms with Crippen molar-refractivity contribution in [1.29, 1.82) is 0 Å². The van der Waals surface area contributed by atoms with Gasteiger partial charge >= 0.3 is 0 Å². The average molecular weight is 322 g/mol. The lowest BCUT2D eigenvalue weighted by Crippen LogP contribution is -2.19. The maximum absolute atomic E-state index is 12.9. The normalized spacial score (nSPS) is 12.5. The molecule has 2 heterocycles. The molecule has 108 valence electrons. The highest BCUT2D eigenvalue weighted by atomic mass is 35.5. The summed E-state index contributed by atoms with van der Waals surface area (Å²) in [5.41, 5.74) is 1.07. The first-order valence-electron chi connectivity index (χ1n) is 6.53. The third kappa shape index (κ3) is 3.31. The van der Waals surface area contributed by atoms with Crippen molar-refractivity contribution < 1.29 is 4.39 Å². The van der Waals surface area contributed by atoms with Crippen LogP contribution in [-0.2, 0) is 6.42 Å². The number of halogens is 2. The number of anilines is 1. The lowest BCUT2D eigenvalue weighted by Gasteiger charge is -2.15. The van der Waals surface area contributed by atoms with Gasteiger partial charge in [-0.25, -0.2) is 14.4 Å². The van der Waals surface area contributed by atoms with E-state index in [1.54, 1.807) is 12.1 Å².